The summed E-state index contributed by atoms with van der Waals surface area (Å²) in [5, 5.41) is 3.28. The number of carbonyl (C=O) groups excluding carboxylic acids is 1. The number of nitrogens with zero attached hydrogens (tertiary/aromatic N) is 2. The molecule has 0 saturated heterocycles. The first-order valence-electron chi connectivity index (χ1n) is 8.96. The number of carbonyl (C=O) groups is 1. The van der Waals surface area contributed by atoms with Gasteiger partial charge in [0.2, 0.25) is 5.91 Å². The van der Waals surface area contributed by atoms with E-state index in [4.69, 9.17) is 0 Å². The summed E-state index contributed by atoms with van der Waals surface area (Å²) < 4.78 is 27.8. The number of hydrogen-bond acceptors (Lipinski definition) is 6. The second-order valence-corrected chi connectivity index (χ2v) is 10.5. The van der Waals surface area contributed by atoms with Crippen molar-refractivity contribution in [2.75, 3.05) is 21.9 Å². The molecule has 0 saturated carbocycles. The van der Waals surface area contributed by atoms with Gasteiger partial charge in [0.15, 0.2) is 5.13 Å². The van der Waals surface area contributed by atoms with E-state index in [-0.39, 0.29) is 5.91 Å². The van der Waals surface area contributed by atoms with Crippen LogP contribution in [0.3, 0.4) is 0 Å². The molecule has 0 unspecified atom stereocenters. The van der Waals surface area contributed by atoms with Gasteiger partial charge >= 0.3 is 0 Å². The third-order valence-corrected chi connectivity index (χ3v) is 8.43. The van der Waals surface area contributed by atoms with Crippen LogP contribution in [0.5, 0.6) is 0 Å². The Labute approximate surface area is 178 Å². The van der Waals surface area contributed by atoms with E-state index in [9.17, 15) is 13.2 Å². The van der Waals surface area contributed by atoms with E-state index in [0.29, 0.717) is 28.0 Å². The summed E-state index contributed by atoms with van der Waals surface area (Å²) in [6.45, 7) is 3.78. The van der Waals surface area contributed by atoms with E-state index in [0.717, 1.165) is 21.0 Å². The molecule has 2 aromatic carbocycles. The van der Waals surface area contributed by atoms with Crippen LogP contribution in [0.1, 0.15) is 12.6 Å². The molecule has 2 heterocycles. The molecule has 4 rings (SSSR count). The molecule has 1 aliphatic heterocycles. The van der Waals surface area contributed by atoms with Crippen molar-refractivity contribution < 1.29 is 13.2 Å². The number of thioether (sulfide) groups is 1. The highest BCUT2D eigenvalue weighted by Gasteiger charge is 2.29. The first kappa shape index (κ1) is 19.9. The highest BCUT2D eigenvalue weighted by atomic mass is 32.2. The Hall–Kier alpha value is -2.36. The number of sulfonamides is 1. The quantitative estimate of drug-likeness (QED) is 0.645. The minimum Gasteiger partial charge on any atom is -0.302 e. The molecule has 1 aliphatic rings. The number of hydrogen-bond donors (Lipinski definition) is 1. The Morgan fingerprint density at radius 2 is 1.93 bits per heavy atom. The molecule has 0 atom stereocenters. The van der Waals surface area contributed by atoms with E-state index in [2.05, 4.69) is 10.3 Å². The van der Waals surface area contributed by atoms with Gasteiger partial charge in [-0.25, -0.2) is 13.4 Å². The van der Waals surface area contributed by atoms with Gasteiger partial charge in [-0.05, 0) is 36.8 Å². The van der Waals surface area contributed by atoms with E-state index < -0.39 is 10.0 Å². The molecule has 1 amide bonds. The number of thiazole rings is 1. The third-order valence-electron chi connectivity index (χ3n) is 4.45. The van der Waals surface area contributed by atoms with Crippen molar-refractivity contribution in [1.29, 1.82) is 0 Å². The van der Waals surface area contributed by atoms with Gasteiger partial charge < -0.3 is 5.32 Å². The summed E-state index contributed by atoms with van der Waals surface area (Å²) in [5.74, 6) is 0.523. The van der Waals surface area contributed by atoms with Crippen LogP contribution >= 0.6 is 23.1 Å². The Morgan fingerprint density at radius 1 is 1.17 bits per heavy atom. The summed E-state index contributed by atoms with van der Waals surface area (Å²) in [5.41, 5.74) is 2.48. The second kappa shape index (κ2) is 7.81. The molecule has 0 aliphatic carbocycles. The first-order valence-corrected chi connectivity index (χ1v) is 12.2. The van der Waals surface area contributed by atoms with Crippen molar-refractivity contribution >= 4 is 49.8 Å². The first-order chi connectivity index (χ1) is 13.9. The number of nitrogens with one attached hydrogen (secondary N) is 1. The molecule has 0 radical (unpaired) electrons. The van der Waals surface area contributed by atoms with Crippen molar-refractivity contribution in [3.05, 3.63) is 54.2 Å². The van der Waals surface area contributed by atoms with Crippen LogP contribution in [0.2, 0.25) is 0 Å². The van der Waals surface area contributed by atoms with Crippen LogP contribution < -0.4 is 9.62 Å². The van der Waals surface area contributed by atoms with Crippen molar-refractivity contribution in [2.24, 2.45) is 0 Å². The monoisotopic (exact) mass is 445 g/mol. The number of rotatable bonds is 4. The molecule has 29 heavy (non-hydrogen) atoms. The van der Waals surface area contributed by atoms with E-state index in [1.165, 1.54) is 22.6 Å². The maximum atomic E-state index is 13.1. The molecular formula is C20H19N3O3S3. The number of amides is 1. The van der Waals surface area contributed by atoms with E-state index >= 15 is 0 Å². The summed E-state index contributed by atoms with van der Waals surface area (Å²) in [6.07, 6.45) is 0. The van der Waals surface area contributed by atoms with E-state index in [1.807, 2.05) is 25.1 Å². The van der Waals surface area contributed by atoms with Gasteiger partial charge in [0, 0.05) is 24.1 Å². The molecule has 0 fully saturated rings. The molecule has 0 spiro atoms. The van der Waals surface area contributed by atoms with E-state index in [1.54, 1.807) is 42.1 Å². The minimum absolute atomic E-state index is 0.159. The predicted octanol–water partition coefficient (Wildman–Crippen LogP) is 4.38. The van der Waals surface area contributed by atoms with Gasteiger partial charge in [-0.2, -0.15) is 0 Å². The third kappa shape index (κ3) is 3.90. The lowest BCUT2D eigenvalue weighted by Crippen LogP contribution is -2.35. The van der Waals surface area contributed by atoms with Gasteiger partial charge in [0.25, 0.3) is 10.0 Å². The lowest BCUT2D eigenvalue weighted by Gasteiger charge is -2.30. The summed E-state index contributed by atoms with van der Waals surface area (Å²) in [7, 11) is -3.61. The predicted molar refractivity (Wildman–Crippen MR) is 118 cm³/mol. The smallest absolute Gasteiger partial charge is 0.264 e. The fraction of sp³-hybridized carbons (Fsp3) is 0.200. The average Bonchev–Trinajstić information content (AvgIpc) is 3.07. The van der Waals surface area contributed by atoms with Crippen LogP contribution in [0.4, 0.5) is 10.8 Å². The number of aromatic nitrogens is 1. The average molecular weight is 446 g/mol. The van der Waals surface area contributed by atoms with Crippen molar-refractivity contribution in [3.63, 3.8) is 0 Å². The molecule has 3 aromatic rings. The molecule has 6 nitrogen and oxygen atoms in total. The Kier molecular flexibility index (Phi) is 5.37. The molecule has 9 heteroatoms. The Morgan fingerprint density at radius 3 is 2.66 bits per heavy atom. The standard InChI is InChI=1S/C20H19N3O3S3/c1-13-19(28-20(21-13)22-14(2)24)15-8-9-17-18(12-15)27-11-10-23(17)29(25,26)16-6-4-3-5-7-16/h3-9,12H,10-11H2,1-2H3,(H,21,22,24). The highest BCUT2D eigenvalue weighted by molar-refractivity contribution is 8.00. The van der Waals surface area contributed by atoms with Crippen LogP contribution in [0.15, 0.2) is 58.3 Å². The van der Waals surface area contributed by atoms with Crippen LogP contribution in [-0.4, -0.2) is 31.6 Å². The van der Waals surface area contributed by atoms with Crippen molar-refractivity contribution in [3.8, 4) is 10.4 Å². The molecule has 150 valence electrons. The molecule has 1 aromatic heterocycles. The SMILES string of the molecule is CC(=O)Nc1nc(C)c(-c2ccc3c(c2)SCCN3S(=O)(=O)c2ccccc2)s1. The van der Waals surface area contributed by atoms with Gasteiger partial charge in [-0.1, -0.05) is 35.6 Å². The van der Waals surface area contributed by atoms with Gasteiger partial charge in [0.05, 0.1) is 21.2 Å². The summed E-state index contributed by atoms with van der Waals surface area (Å²) >= 11 is 3.05. The van der Waals surface area contributed by atoms with Crippen LogP contribution in [0.25, 0.3) is 10.4 Å². The van der Waals surface area contributed by atoms with Crippen LogP contribution in [0, 0.1) is 6.92 Å². The number of fused-ring (bicyclic) bond motifs is 1. The molecule has 1 N–H and O–H groups in total. The fourth-order valence-electron chi connectivity index (χ4n) is 3.17. The topological polar surface area (TPSA) is 79.4 Å². The fourth-order valence-corrected chi connectivity index (χ4v) is 6.89. The van der Waals surface area contributed by atoms with Gasteiger partial charge in [-0.3, -0.25) is 9.10 Å². The zero-order chi connectivity index (χ0) is 20.6. The number of benzene rings is 2. The maximum absolute atomic E-state index is 13.1. The summed E-state index contributed by atoms with van der Waals surface area (Å²) in [6, 6.07) is 14.3. The normalized spacial score (nSPS) is 13.8. The molecule has 0 bridgehead atoms. The number of anilines is 2. The zero-order valence-electron chi connectivity index (χ0n) is 15.9. The second-order valence-electron chi connectivity index (χ2n) is 6.54. The molecular weight excluding hydrogens is 426 g/mol. The Bertz CT molecular complexity index is 1170. The lowest BCUT2D eigenvalue weighted by atomic mass is 10.1. The minimum atomic E-state index is -3.61. The largest absolute Gasteiger partial charge is 0.302 e. The van der Waals surface area contributed by atoms with Crippen LogP contribution in [-0.2, 0) is 14.8 Å². The van der Waals surface area contributed by atoms with Gasteiger partial charge in [0.1, 0.15) is 0 Å². The zero-order valence-corrected chi connectivity index (χ0v) is 18.3. The number of aryl methyl sites for hydroxylation is 1. The van der Waals surface area contributed by atoms with Crippen molar-refractivity contribution in [2.45, 2.75) is 23.6 Å². The Balaban J connectivity index is 1.71. The maximum Gasteiger partial charge on any atom is 0.264 e. The van der Waals surface area contributed by atoms with Gasteiger partial charge in [-0.15, -0.1) is 11.8 Å². The lowest BCUT2D eigenvalue weighted by molar-refractivity contribution is -0.114. The highest BCUT2D eigenvalue weighted by Crippen LogP contribution is 2.42. The summed E-state index contributed by atoms with van der Waals surface area (Å²) in [4.78, 5) is 17.9. The van der Waals surface area contributed by atoms with Crippen molar-refractivity contribution in [1.82, 2.24) is 4.98 Å².